The normalized spacial score (nSPS) is 20.3. The predicted octanol–water partition coefficient (Wildman–Crippen LogP) is 4.10. The third-order valence-corrected chi connectivity index (χ3v) is 5.06. The SMILES string of the molecule is Fc1ccc2c(c1)CN1CN(C=C3C(OCc4ccccc4)=CC=CN31)C2. The van der Waals surface area contributed by atoms with E-state index < -0.39 is 0 Å². The number of halogens is 1. The molecule has 0 N–H and O–H groups in total. The molecule has 0 aliphatic carbocycles. The Morgan fingerprint density at radius 2 is 1.89 bits per heavy atom. The molecule has 5 rings (SSSR count). The zero-order valence-corrected chi connectivity index (χ0v) is 14.9. The zero-order valence-electron chi connectivity index (χ0n) is 14.9. The van der Waals surface area contributed by atoms with Gasteiger partial charge in [-0.25, -0.2) is 4.39 Å². The summed E-state index contributed by atoms with van der Waals surface area (Å²) in [7, 11) is 0. The summed E-state index contributed by atoms with van der Waals surface area (Å²) in [4.78, 5) is 2.24. The van der Waals surface area contributed by atoms with E-state index >= 15 is 0 Å². The molecule has 0 saturated heterocycles. The Labute approximate surface area is 158 Å². The van der Waals surface area contributed by atoms with E-state index in [1.54, 1.807) is 12.1 Å². The van der Waals surface area contributed by atoms with Crippen molar-refractivity contribution in [2.24, 2.45) is 0 Å². The second-order valence-corrected chi connectivity index (χ2v) is 6.97. The van der Waals surface area contributed by atoms with Gasteiger partial charge in [0.15, 0.2) is 0 Å². The molecule has 2 aromatic rings. The van der Waals surface area contributed by atoms with Crippen molar-refractivity contribution in [2.45, 2.75) is 19.7 Å². The average Bonchev–Trinajstić information content (AvgIpc) is 2.83. The predicted molar refractivity (Wildman–Crippen MR) is 101 cm³/mol. The van der Waals surface area contributed by atoms with Gasteiger partial charge in [-0.2, -0.15) is 5.01 Å². The smallest absolute Gasteiger partial charge is 0.146 e. The van der Waals surface area contributed by atoms with E-state index in [0.717, 1.165) is 41.4 Å². The van der Waals surface area contributed by atoms with Gasteiger partial charge < -0.3 is 9.64 Å². The fourth-order valence-corrected chi connectivity index (χ4v) is 3.74. The van der Waals surface area contributed by atoms with Crippen molar-refractivity contribution in [1.82, 2.24) is 14.9 Å². The first-order valence-electron chi connectivity index (χ1n) is 9.09. The van der Waals surface area contributed by atoms with Crippen LogP contribution in [-0.4, -0.2) is 21.6 Å². The Morgan fingerprint density at radius 1 is 1.00 bits per heavy atom. The molecule has 3 aliphatic heterocycles. The highest BCUT2D eigenvalue weighted by molar-refractivity contribution is 5.36. The van der Waals surface area contributed by atoms with Gasteiger partial charge in [0, 0.05) is 25.5 Å². The summed E-state index contributed by atoms with van der Waals surface area (Å²) in [6.45, 7) is 2.71. The first kappa shape index (κ1) is 16.1. The van der Waals surface area contributed by atoms with Crippen molar-refractivity contribution in [3.63, 3.8) is 0 Å². The van der Waals surface area contributed by atoms with Crippen molar-refractivity contribution in [3.8, 4) is 0 Å². The van der Waals surface area contributed by atoms with Crippen LogP contribution in [0.25, 0.3) is 0 Å². The number of allylic oxidation sites excluding steroid dienone is 2. The second-order valence-electron chi connectivity index (χ2n) is 6.97. The van der Waals surface area contributed by atoms with E-state index in [-0.39, 0.29) is 5.82 Å². The van der Waals surface area contributed by atoms with Crippen LogP contribution in [0.15, 0.2) is 84.5 Å². The van der Waals surface area contributed by atoms with Gasteiger partial charge in [0.05, 0.1) is 6.67 Å². The summed E-state index contributed by atoms with van der Waals surface area (Å²) in [6, 6.07) is 15.2. The molecule has 1 atom stereocenters. The summed E-state index contributed by atoms with van der Waals surface area (Å²) < 4.78 is 19.9. The number of benzene rings is 2. The van der Waals surface area contributed by atoms with Crippen molar-refractivity contribution in [1.29, 1.82) is 0 Å². The van der Waals surface area contributed by atoms with E-state index in [9.17, 15) is 4.39 Å². The van der Waals surface area contributed by atoms with Gasteiger partial charge in [0.25, 0.3) is 0 Å². The largest absolute Gasteiger partial charge is 0.487 e. The monoisotopic (exact) mass is 361 g/mol. The molecule has 0 fully saturated rings. The second kappa shape index (κ2) is 6.59. The maximum Gasteiger partial charge on any atom is 0.146 e. The lowest BCUT2D eigenvalue weighted by atomic mass is 10.1. The molecule has 4 nitrogen and oxygen atoms in total. The van der Waals surface area contributed by atoms with Crippen LogP contribution in [0, 0.1) is 5.82 Å². The summed E-state index contributed by atoms with van der Waals surface area (Å²) in [5, 5.41) is 4.31. The van der Waals surface area contributed by atoms with Gasteiger partial charge in [-0.15, -0.1) is 0 Å². The van der Waals surface area contributed by atoms with Crippen LogP contribution in [0.5, 0.6) is 0 Å². The van der Waals surface area contributed by atoms with Gasteiger partial charge >= 0.3 is 0 Å². The fourth-order valence-electron chi connectivity index (χ4n) is 3.74. The highest BCUT2D eigenvalue weighted by atomic mass is 19.1. The van der Waals surface area contributed by atoms with Crippen LogP contribution in [0.1, 0.15) is 16.7 Å². The molecule has 0 radical (unpaired) electrons. The van der Waals surface area contributed by atoms with Gasteiger partial charge in [-0.3, -0.25) is 5.01 Å². The quantitative estimate of drug-likeness (QED) is 0.819. The average molecular weight is 361 g/mol. The van der Waals surface area contributed by atoms with Crippen molar-refractivity contribution in [2.75, 3.05) is 6.67 Å². The number of hydrogen-bond donors (Lipinski definition) is 0. The number of fused-ring (bicyclic) bond motifs is 5. The van der Waals surface area contributed by atoms with E-state index in [1.165, 1.54) is 0 Å². The summed E-state index contributed by atoms with van der Waals surface area (Å²) in [5.74, 6) is 0.656. The zero-order chi connectivity index (χ0) is 18.2. The molecular formula is C22H20FN3O. The standard InChI is InChI=1S/C22H20FN3O/c23-20-9-8-18-12-24-14-21-22(27-15-17-5-2-1-3-6-17)7-4-10-26(21)25(16-24)13-19(18)11-20/h1-11,14H,12-13,15-16H2. The number of nitrogens with zero attached hydrogens (tertiary/aromatic N) is 3. The molecule has 5 heteroatoms. The molecule has 0 spiro atoms. The maximum atomic E-state index is 13.7. The van der Waals surface area contributed by atoms with Crippen molar-refractivity contribution in [3.05, 3.63) is 107 Å². The molecule has 2 bridgehead atoms. The van der Waals surface area contributed by atoms with E-state index in [2.05, 4.69) is 33.3 Å². The minimum atomic E-state index is -0.185. The van der Waals surface area contributed by atoms with Crippen LogP contribution in [-0.2, 0) is 24.4 Å². The summed E-state index contributed by atoms with van der Waals surface area (Å²) in [6.07, 6.45) is 8.15. The number of rotatable bonds is 3. The van der Waals surface area contributed by atoms with E-state index in [0.29, 0.717) is 13.2 Å². The van der Waals surface area contributed by atoms with Crippen LogP contribution >= 0.6 is 0 Å². The summed E-state index contributed by atoms with van der Waals surface area (Å²) in [5.41, 5.74) is 4.34. The molecule has 27 heavy (non-hydrogen) atoms. The highest BCUT2D eigenvalue weighted by Gasteiger charge is 2.31. The molecular weight excluding hydrogens is 341 g/mol. The van der Waals surface area contributed by atoms with E-state index in [4.69, 9.17) is 4.74 Å². The molecule has 0 saturated carbocycles. The maximum absolute atomic E-state index is 13.7. The van der Waals surface area contributed by atoms with E-state index in [1.807, 2.05) is 42.6 Å². The molecule has 3 aliphatic rings. The minimum absolute atomic E-state index is 0.185. The lowest BCUT2D eigenvalue weighted by Gasteiger charge is -2.42. The number of ether oxygens (including phenoxy) is 1. The highest BCUT2D eigenvalue weighted by Crippen LogP contribution is 2.33. The topological polar surface area (TPSA) is 19.0 Å². The third kappa shape index (κ3) is 3.11. The Bertz CT molecular complexity index is 951. The molecule has 136 valence electrons. The Kier molecular flexibility index (Phi) is 3.94. The Balaban J connectivity index is 1.41. The van der Waals surface area contributed by atoms with Crippen molar-refractivity contribution >= 4 is 0 Å². The minimum Gasteiger partial charge on any atom is -0.487 e. The van der Waals surface area contributed by atoms with Crippen LogP contribution < -0.4 is 0 Å². The lowest BCUT2D eigenvalue weighted by molar-refractivity contribution is -0.0214. The van der Waals surface area contributed by atoms with Crippen LogP contribution in [0.2, 0.25) is 0 Å². The lowest BCUT2D eigenvalue weighted by Crippen LogP contribution is -2.47. The first-order valence-corrected chi connectivity index (χ1v) is 9.09. The molecule has 3 heterocycles. The Morgan fingerprint density at radius 3 is 2.78 bits per heavy atom. The molecule has 2 aromatic carbocycles. The third-order valence-electron chi connectivity index (χ3n) is 5.06. The Hall–Kier alpha value is -3.05. The van der Waals surface area contributed by atoms with Crippen LogP contribution in [0.4, 0.5) is 4.39 Å². The first-order chi connectivity index (χ1) is 13.3. The molecule has 1 unspecified atom stereocenters. The number of hydrogen-bond acceptors (Lipinski definition) is 4. The molecule has 0 aromatic heterocycles. The molecule has 0 amide bonds. The van der Waals surface area contributed by atoms with Gasteiger partial charge in [-0.05, 0) is 41.0 Å². The van der Waals surface area contributed by atoms with Gasteiger partial charge in [0.2, 0.25) is 0 Å². The fraction of sp³-hybridized carbons (Fsp3) is 0.182. The van der Waals surface area contributed by atoms with Gasteiger partial charge in [-0.1, -0.05) is 36.4 Å². The van der Waals surface area contributed by atoms with Crippen LogP contribution in [0.3, 0.4) is 0 Å². The number of hydrazine groups is 1. The van der Waals surface area contributed by atoms with Crippen molar-refractivity contribution < 1.29 is 9.13 Å². The summed E-state index contributed by atoms with van der Waals surface area (Å²) >= 11 is 0. The van der Waals surface area contributed by atoms with Gasteiger partial charge in [0.1, 0.15) is 23.9 Å².